The molecular formula is C21H26N4O6S2. The van der Waals surface area contributed by atoms with Crippen LogP contribution in [-0.4, -0.2) is 71.0 Å². The largest absolute Gasteiger partial charge is 0.354 e. The number of benzene rings is 2. The number of nitrogens with zero attached hydrogens (tertiary/aromatic N) is 2. The fourth-order valence-electron chi connectivity index (χ4n) is 3.25. The molecule has 1 fully saturated rings. The molecule has 12 heteroatoms. The van der Waals surface area contributed by atoms with Crippen LogP contribution < -0.4 is 10.6 Å². The van der Waals surface area contributed by atoms with Gasteiger partial charge in [-0.05, 0) is 48.9 Å². The standard InChI is InChI=1S/C21H26N4O6S2/c1-15(16-4-8-18(9-5-16)32(28,29)24(2)3)23-21(27)17-6-10-19(11-7-17)33(30,31)25-13-12-22-20(26)14-25/h4-11,15H,12-14H2,1-3H3,(H,22,26)(H,23,27). The highest BCUT2D eigenvalue weighted by molar-refractivity contribution is 7.89. The summed E-state index contributed by atoms with van der Waals surface area (Å²) < 4.78 is 52.0. The van der Waals surface area contributed by atoms with E-state index in [-0.39, 0.29) is 40.9 Å². The lowest BCUT2D eigenvalue weighted by atomic mass is 10.1. The Morgan fingerprint density at radius 1 is 1.00 bits per heavy atom. The molecule has 2 N–H and O–H groups in total. The Hall–Kier alpha value is -2.80. The maximum absolute atomic E-state index is 12.7. The van der Waals surface area contributed by atoms with Crippen LogP contribution in [0, 0.1) is 0 Å². The molecule has 10 nitrogen and oxygen atoms in total. The average Bonchev–Trinajstić information content (AvgIpc) is 2.79. The van der Waals surface area contributed by atoms with Gasteiger partial charge < -0.3 is 10.6 Å². The van der Waals surface area contributed by atoms with Gasteiger partial charge in [0.25, 0.3) is 5.91 Å². The van der Waals surface area contributed by atoms with Crippen molar-refractivity contribution in [3.8, 4) is 0 Å². The summed E-state index contributed by atoms with van der Waals surface area (Å²) in [5.41, 5.74) is 0.979. The third-order valence-electron chi connectivity index (χ3n) is 5.26. The Morgan fingerprint density at radius 3 is 2.12 bits per heavy atom. The molecule has 0 radical (unpaired) electrons. The SMILES string of the molecule is CC(NC(=O)c1ccc(S(=O)(=O)N2CCNC(=O)C2)cc1)c1ccc(S(=O)(=O)N(C)C)cc1. The zero-order chi connectivity index (χ0) is 24.4. The first-order valence-electron chi connectivity index (χ1n) is 10.1. The van der Waals surface area contributed by atoms with Crippen molar-refractivity contribution in [3.63, 3.8) is 0 Å². The molecule has 33 heavy (non-hydrogen) atoms. The first kappa shape index (κ1) is 24.8. The zero-order valence-corrected chi connectivity index (χ0v) is 20.1. The summed E-state index contributed by atoms with van der Waals surface area (Å²) in [6.07, 6.45) is 0. The van der Waals surface area contributed by atoms with Gasteiger partial charge in [0.05, 0.1) is 22.4 Å². The van der Waals surface area contributed by atoms with E-state index < -0.39 is 32.0 Å². The summed E-state index contributed by atoms with van der Waals surface area (Å²) in [6.45, 7) is 1.95. The normalized spacial score (nSPS) is 16.3. The third kappa shape index (κ3) is 5.41. The first-order chi connectivity index (χ1) is 15.4. The fraction of sp³-hybridized carbons (Fsp3) is 0.333. The van der Waals surface area contributed by atoms with Crippen LogP contribution >= 0.6 is 0 Å². The molecule has 0 aromatic heterocycles. The second kappa shape index (κ2) is 9.59. The Balaban J connectivity index is 1.69. The highest BCUT2D eigenvalue weighted by Gasteiger charge is 2.29. The molecule has 2 aromatic carbocycles. The molecule has 0 bridgehead atoms. The van der Waals surface area contributed by atoms with E-state index in [4.69, 9.17) is 0 Å². The van der Waals surface area contributed by atoms with Crippen LogP contribution in [0.15, 0.2) is 58.3 Å². The molecule has 3 rings (SSSR count). The monoisotopic (exact) mass is 494 g/mol. The molecule has 1 unspecified atom stereocenters. The van der Waals surface area contributed by atoms with Gasteiger partial charge in [0.2, 0.25) is 26.0 Å². The van der Waals surface area contributed by atoms with Gasteiger partial charge in [0, 0.05) is 32.7 Å². The lowest BCUT2D eigenvalue weighted by Crippen LogP contribution is -2.49. The number of sulfonamides is 2. The van der Waals surface area contributed by atoms with Crippen molar-refractivity contribution >= 4 is 31.9 Å². The van der Waals surface area contributed by atoms with Gasteiger partial charge in [-0.25, -0.2) is 21.1 Å². The molecule has 0 spiro atoms. The van der Waals surface area contributed by atoms with E-state index in [9.17, 15) is 26.4 Å². The zero-order valence-electron chi connectivity index (χ0n) is 18.5. The number of nitrogens with one attached hydrogen (secondary N) is 2. The van der Waals surface area contributed by atoms with Crippen LogP contribution in [0.4, 0.5) is 0 Å². The van der Waals surface area contributed by atoms with Crippen molar-refractivity contribution in [2.75, 3.05) is 33.7 Å². The molecule has 1 aliphatic rings. The van der Waals surface area contributed by atoms with Gasteiger partial charge in [-0.1, -0.05) is 12.1 Å². The topological polar surface area (TPSA) is 133 Å². The molecule has 1 saturated heterocycles. The molecule has 0 saturated carbocycles. The summed E-state index contributed by atoms with van der Waals surface area (Å²) in [6, 6.07) is 11.3. The maximum atomic E-state index is 12.7. The summed E-state index contributed by atoms with van der Waals surface area (Å²) in [5.74, 6) is -0.768. The number of carbonyl (C=O) groups is 2. The molecule has 2 aromatic rings. The smallest absolute Gasteiger partial charge is 0.251 e. The minimum absolute atomic E-state index is 0.000473. The van der Waals surface area contributed by atoms with Gasteiger partial charge in [-0.3, -0.25) is 9.59 Å². The Bertz CT molecular complexity index is 1240. The van der Waals surface area contributed by atoms with Crippen LogP contribution in [0.25, 0.3) is 0 Å². The Kier molecular flexibility index (Phi) is 7.22. The Labute approximate surface area is 193 Å². The van der Waals surface area contributed by atoms with E-state index >= 15 is 0 Å². The van der Waals surface area contributed by atoms with Crippen molar-refractivity contribution in [3.05, 3.63) is 59.7 Å². The predicted molar refractivity (Wildman–Crippen MR) is 121 cm³/mol. The van der Waals surface area contributed by atoms with E-state index in [0.29, 0.717) is 5.56 Å². The first-order valence-corrected chi connectivity index (χ1v) is 13.0. The van der Waals surface area contributed by atoms with Gasteiger partial charge in [0.1, 0.15) is 0 Å². The van der Waals surface area contributed by atoms with Crippen molar-refractivity contribution in [1.29, 1.82) is 0 Å². The fourth-order valence-corrected chi connectivity index (χ4v) is 5.55. The summed E-state index contributed by atoms with van der Waals surface area (Å²) in [4.78, 5) is 24.3. The third-order valence-corrected chi connectivity index (χ3v) is 8.95. The highest BCUT2D eigenvalue weighted by atomic mass is 32.2. The molecule has 178 valence electrons. The van der Waals surface area contributed by atoms with Crippen LogP contribution in [0.1, 0.15) is 28.9 Å². The van der Waals surface area contributed by atoms with Crippen molar-refractivity contribution < 1.29 is 26.4 Å². The predicted octanol–water partition coefficient (Wildman–Crippen LogP) is 0.548. The number of hydrogen-bond acceptors (Lipinski definition) is 6. The van der Waals surface area contributed by atoms with Crippen LogP contribution in [0.5, 0.6) is 0 Å². The number of hydrogen-bond donors (Lipinski definition) is 2. The lowest BCUT2D eigenvalue weighted by molar-refractivity contribution is -0.122. The van der Waals surface area contributed by atoms with Gasteiger partial charge in [-0.15, -0.1) is 0 Å². The van der Waals surface area contributed by atoms with E-state index in [2.05, 4.69) is 10.6 Å². The molecule has 0 aliphatic carbocycles. The highest BCUT2D eigenvalue weighted by Crippen LogP contribution is 2.20. The minimum atomic E-state index is -3.84. The number of piperazine rings is 1. The Morgan fingerprint density at radius 2 is 1.58 bits per heavy atom. The van der Waals surface area contributed by atoms with Crippen molar-refractivity contribution in [2.24, 2.45) is 0 Å². The minimum Gasteiger partial charge on any atom is -0.354 e. The van der Waals surface area contributed by atoms with E-state index in [1.807, 2.05) is 0 Å². The van der Waals surface area contributed by atoms with Crippen LogP contribution in [0.2, 0.25) is 0 Å². The van der Waals surface area contributed by atoms with E-state index in [0.717, 1.165) is 8.61 Å². The molecule has 2 amide bonds. The number of carbonyl (C=O) groups excluding carboxylic acids is 2. The van der Waals surface area contributed by atoms with Gasteiger partial charge >= 0.3 is 0 Å². The summed E-state index contributed by atoms with van der Waals surface area (Å²) >= 11 is 0. The van der Waals surface area contributed by atoms with E-state index in [1.165, 1.54) is 50.5 Å². The number of amides is 2. The second-order valence-electron chi connectivity index (χ2n) is 7.76. The summed E-state index contributed by atoms with van der Waals surface area (Å²) in [5, 5.41) is 5.39. The van der Waals surface area contributed by atoms with E-state index in [1.54, 1.807) is 19.1 Å². The molecule has 1 aliphatic heterocycles. The quantitative estimate of drug-likeness (QED) is 0.578. The molecular weight excluding hydrogens is 468 g/mol. The number of rotatable bonds is 7. The lowest BCUT2D eigenvalue weighted by Gasteiger charge is -2.25. The average molecular weight is 495 g/mol. The van der Waals surface area contributed by atoms with Gasteiger partial charge in [-0.2, -0.15) is 4.31 Å². The van der Waals surface area contributed by atoms with Crippen molar-refractivity contribution in [1.82, 2.24) is 19.2 Å². The second-order valence-corrected chi connectivity index (χ2v) is 11.9. The van der Waals surface area contributed by atoms with Crippen molar-refractivity contribution in [2.45, 2.75) is 22.8 Å². The van der Waals surface area contributed by atoms with Gasteiger partial charge in [0.15, 0.2) is 0 Å². The molecule has 1 heterocycles. The van der Waals surface area contributed by atoms with Crippen LogP contribution in [0.3, 0.4) is 0 Å². The molecule has 1 atom stereocenters. The summed E-state index contributed by atoms with van der Waals surface area (Å²) in [7, 11) is -4.48. The maximum Gasteiger partial charge on any atom is 0.251 e. The van der Waals surface area contributed by atoms with Crippen LogP contribution in [-0.2, 0) is 24.8 Å².